The van der Waals surface area contributed by atoms with Crippen LogP contribution in [0, 0.1) is 0 Å². The number of hydrogen-bond acceptors (Lipinski definition) is 4. The van der Waals surface area contributed by atoms with E-state index in [0.717, 1.165) is 16.5 Å². The van der Waals surface area contributed by atoms with Crippen molar-refractivity contribution in [3.8, 4) is 0 Å². The SMILES string of the molecule is CC(C)(C)OC(O)N[C@H](Cc1c[nH]c2ccccc12)C(=O)O. The number of nitrogens with one attached hydrogen (secondary N) is 2. The topological polar surface area (TPSA) is 94.6 Å². The number of benzene rings is 1. The van der Waals surface area contributed by atoms with Crippen LogP contribution >= 0.6 is 0 Å². The fourth-order valence-corrected chi connectivity index (χ4v) is 2.28. The van der Waals surface area contributed by atoms with Crippen molar-refractivity contribution in [2.75, 3.05) is 0 Å². The summed E-state index contributed by atoms with van der Waals surface area (Å²) in [5, 5.41) is 22.8. The number of fused-ring (bicyclic) bond motifs is 1. The van der Waals surface area contributed by atoms with Gasteiger partial charge in [-0.15, -0.1) is 0 Å². The molecule has 1 unspecified atom stereocenters. The second kappa shape index (κ2) is 6.48. The lowest BCUT2D eigenvalue weighted by atomic mass is 10.1. The highest BCUT2D eigenvalue weighted by Gasteiger charge is 2.25. The van der Waals surface area contributed by atoms with Gasteiger partial charge in [-0.1, -0.05) is 18.2 Å². The van der Waals surface area contributed by atoms with Gasteiger partial charge in [0.1, 0.15) is 6.04 Å². The minimum atomic E-state index is -1.34. The number of H-pyrrole nitrogens is 1. The molecule has 0 amide bonds. The molecule has 120 valence electrons. The number of para-hydroxylation sites is 1. The van der Waals surface area contributed by atoms with Crippen LogP contribution in [0.1, 0.15) is 26.3 Å². The monoisotopic (exact) mass is 306 g/mol. The van der Waals surface area contributed by atoms with E-state index in [2.05, 4.69) is 10.3 Å². The number of ether oxygens (including phenoxy) is 1. The zero-order valence-corrected chi connectivity index (χ0v) is 13.0. The van der Waals surface area contributed by atoms with E-state index in [-0.39, 0.29) is 6.42 Å². The van der Waals surface area contributed by atoms with E-state index >= 15 is 0 Å². The molecule has 1 aromatic carbocycles. The van der Waals surface area contributed by atoms with Crippen LogP contribution in [0.5, 0.6) is 0 Å². The number of aliphatic carboxylic acids is 1. The summed E-state index contributed by atoms with van der Waals surface area (Å²) >= 11 is 0. The fourth-order valence-electron chi connectivity index (χ4n) is 2.28. The summed E-state index contributed by atoms with van der Waals surface area (Å²) in [6, 6.07) is 6.73. The van der Waals surface area contributed by atoms with Crippen LogP contribution in [-0.4, -0.2) is 39.2 Å². The van der Waals surface area contributed by atoms with Gasteiger partial charge >= 0.3 is 5.97 Å². The number of aliphatic hydroxyl groups is 1. The number of hydrogen-bond donors (Lipinski definition) is 4. The Morgan fingerprint density at radius 1 is 1.36 bits per heavy atom. The summed E-state index contributed by atoms with van der Waals surface area (Å²) < 4.78 is 5.30. The van der Waals surface area contributed by atoms with Crippen LogP contribution in [0.15, 0.2) is 30.5 Å². The Bertz CT molecular complexity index is 645. The van der Waals surface area contributed by atoms with E-state index in [1.807, 2.05) is 24.3 Å². The third-order valence-electron chi connectivity index (χ3n) is 3.21. The van der Waals surface area contributed by atoms with Crippen LogP contribution < -0.4 is 5.32 Å². The van der Waals surface area contributed by atoms with Gasteiger partial charge in [0.15, 0.2) is 0 Å². The zero-order valence-electron chi connectivity index (χ0n) is 13.0. The molecule has 1 aromatic heterocycles. The summed E-state index contributed by atoms with van der Waals surface area (Å²) in [5.41, 5.74) is 1.25. The van der Waals surface area contributed by atoms with Crippen LogP contribution in [-0.2, 0) is 16.0 Å². The van der Waals surface area contributed by atoms with Gasteiger partial charge in [-0.2, -0.15) is 0 Å². The maximum absolute atomic E-state index is 11.4. The van der Waals surface area contributed by atoms with Crippen molar-refractivity contribution < 1.29 is 19.7 Å². The molecule has 0 aliphatic heterocycles. The average molecular weight is 306 g/mol. The van der Waals surface area contributed by atoms with Gasteiger partial charge in [0.2, 0.25) is 6.41 Å². The number of carboxylic acid groups (broad SMARTS) is 1. The largest absolute Gasteiger partial charge is 0.480 e. The minimum Gasteiger partial charge on any atom is -0.480 e. The van der Waals surface area contributed by atoms with Crippen molar-refractivity contribution in [2.45, 2.75) is 45.2 Å². The van der Waals surface area contributed by atoms with Crippen molar-refractivity contribution in [3.05, 3.63) is 36.0 Å². The highest BCUT2D eigenvalue weighted by molar-refractivity contribution is 5.84. The van der Waals surface area contributed by atoms with Gasteiger partial charge in [0.05, 0.1) is 5.60 Å². The van der Waals surface area contributed by atoms with Crippen molar-refractivity contribution in [3.63, 3.8) is 0 Å². The number of rotatable bonds is 6. The summed E-state index contributed by atoms with van der Waals surface area (Å²) in [7, 11) is 0. The third-order valence-corrected chi connectivity index (χ3v) is 3.21. The average Bonchev–Trinajstić information content (AvgIpc) is 2.79. The van der Waals surface area contributed by atoms with Crippen molar-refractivity contribution >= 4 is 16.9 Å². The minimum absolute atomic E-state index is 0.240. The Balaban J connectivity index is 2.11. The lowest BCUT2D eigenvalue weighted by molar-refractivity contribution is -0.189. The third kappa shape index (κ3) is 4.30. The van der Waals surface area contributed by atoms with Crippen LogP contribution in [0.25, 0.3) is 10.9 Å². The molecule has 22 heavy (non-hydrogen) atoms. The zero-order chi connectivity index (χ0) is 16.3. The molecule has 0 saturated carbocycles. The van der Waals surface area contributed by atoms with Gasteiger partial charge in [0.25, 0.3) is 0 Å². The number of carboxylic acids is 1. The number of aromatic amines is 1. The maximum atomic E-state index is 11.4. The summed E-state index contributed by atoms with van der Waals surface area (Å²) in [6.07, 6.45) is 0.690. The van der Waals surface area contributed by atoms with Gasteiger partial charge < -0.3 is 19.9 Å². The molecule has 2 atom stereocenters. The molecule has 0 bridgehead atoms. The predicted octanol–water partition coefficient (Wildman–Crippen LogP) is 1.84. The highest BCUT2D eigenvalue weighted by Crippen LogP contribution is 2.19. The van der Waals surface area contributed by atoms with E-state index in [0.29, 0.717) is 0 Å². The van der Waals surface area contributed by atoms with E-state index in [1.165, 1.54) is 0 Å². The molecule has 1 heterocycles. The van der Waals surface area contributed by atoms with E-state index in [4.69, 9.17) is 4.74 Å². The smallest absolute Gasteiger partial charge is 0.321 e. The molecule has 6 nitrogen and oxygen atoms in total. The Labute approximate surface area is 129 Å². The molecule has 4 N–H and O–H groups in total. The van der Waals surface area contributed by atoms with Crippen LogP contribution in [0.4, 0.5) is 0 Å². The fraction of sp³-hybridized carbons (Fsp3) is 0.438. The van der Waals surface area contributed by atoms with Gasteiger partial charge in [-0.3, -0.25) is 10.1 Å². The number of aliphatic hydroxyl groups excluding tert-OH is 1. The van der Waals surface area contributed by atoms with E-state index in [1.54, 1.807) is 27.0 Å². The molecule has 6 heteroatoms. The summed E-state index contributed by atoms with van der Waals surface area (Å²) in [4.78, 5) is 14.5. The molecular formula is C16H22N2O4. The molecule has 2 rings (SSSR count). The van der Waals surface area contributed by atoms with Crippen molar-refractivity contribution in [1.29, 1.82) is 0 Å². The Kier molecular flexibility index (Phi) is 4.85. The van der Waals surface area contributed by atoms with Gasteiger partial charge in [-0.05, 0) is 32.4 Å². The standard InChI is InChI=1S/C16H22N2O4/c1-16(2,3)22-15(21)18-13(14(19)20)8-10-9-17-12-7-5-4-6-11(10)12/h4-7,9,13,15,17-18,21H,8H2,1-3H3,(H,19,20)/t13-,15?/m1/s1. The summed E-state index contributed by atoms with van der Waals surface area (Å²) in [6.45, 7) is 5.36. The predicted molar refractivity (Wildman–Crippen MR) is 83.4 cm³/mol. The second-order valence-electron chi connectivity index (χ2n) is 6.20. The van der Waals surface area contributed by atoms with Gasteiger partial charge in [-0.25, -0.2) is 0 Å². The van der Waals surface area contributed by atoms with Crippen LogP contribution in [0.3, 0.4) is 0 Å². The first kappa shape index (κ1) is 16.5. The first-order chi connectivity index (χ1) is 10.3. The van der Waals surface area contributed by atoms with Crippen molar-refractivity contribution in [1.82, 2.24) is 10.3 Å². The Morgan fingerprint density at radius 3 is 2.68 bits per heavy atom. The second-order valence-corrected chi connectivity index (χ2v) is 6.20. The summed E-state index contributed by atoms with van der Waals surface area (Å²) in [5.74, 6) is -1.04. The molecule has 0 spiro atoms. The number of carbonyl (C=O) groups is 1. The first-order valence-corrected chi connectivity index (χ1v) is 7.16. The highest BCUT2D eigenvalue weighted by atomic mass is 16.6. The van der Waals surface area contributed by atoms with Gasteiger partial charge in [0, 0.05) is 23.5 Å². The molecule has 0 radical (unpaired) electrons. The molecule has 0 aliphatic carbocycles. The lowest BCUT2D eigenvalue weighted by Crippen LogP contribution is -2.48. The quantitative estimate of drug-likeness (QED) is 0.611. The molecule has 0 saturated heterocycles. The normalized spacial score (nSPS) is 14.9. The lowest BCUT2D eigenvalue weighted by Gasteiger charge is -2.26. The first-order valence-electron chi connectivity index (χ1n) is 7.16. The molecular weight excluding hydrogens is 284 g/mol. The van der Waals surface area contributed by atoms with E-state index < -0.39 is 24.0 Å². The molecule has 0 fully saturated rings. The van der Waals surface area contributed by atoms with E-state index in [9.17, 15) is 15.0 Å². The van der Waals surface area contributed by atoms with Crippen LogP contribution in [0.2, 0.25) is 0 Å². The Morgan fingerprint density at radius 2 is 2.05 bits per heavy atom. The number of aromatic nitrogens is 1. The Hall–Kier alpha value is -1.89. The maximum Gasteiger partial charge on any atom is 0.321 e. The van der Waals surface area contributed by atoms with Crippen molar-refractivity contribution in [2.24, 2.45) is 0 Å². The molecule has 2 aromatic rings. The molecule has 0 aliphatic rings.